The van der Waals surface area contributed by atoms with Crippen LogP contribution in [0.4, 0.5) is 26.3 Å². The van der Waals surface area contributed by atoms with E-state index < -0.39 is 41.8 Å². The molecule has 2 heterocycles. The van der Waals surface area contributed by atoms with E-state index in [0.717, 1.165) is 0 Å². The monoisotopic (exact) mass is 430 g/mol. The van der Waals surface area contributed by atoms with E-state index in [1.807, 2.05) is 0 Å². The summed E-state index contributed by atoms with van der Waals surface area (Å²) in [7, 11) is 0. The molecule has 0 spiro atoms. The summed E-state index contributed by atoms with van der Waals surface area (Å²) in [5.74, 6) is -0.120. The first kappa shape index (κ1) is 19.5. The van der Waals surface area contributed by atoms with Gasteiger partial charge >= 0.3 is 18.4 Å². The van der Waals surface area contributed by atoms with Crippen molar-refractivity contribution in [2.45, 2.75) is 12.4 Å². The molecule has 0 amide bonds. The number of rotatable bonds is 3. The summed E-state index contributed by atoms with van der Waals surface area (Å²) >= 11 is 11.8. The second-order valence-electron chi connectivity index (χ2n) is 5.16. The number of halogens is 8. The summed E-state index contributed by atoms with van der Waals surface area (Å²) in [6.45, 7) is -1.85. The predicted octanol–water partition coefficient (Wildman–Crippen LogP) is 5.29. The number of ether oxygens (including phenoxy) is 1. The van der Waals surface area contributed by atoms with Crippen molar-refractivity contribution in [2.24, 2.45) is 0 Å². The fourth-order valence-electron chi connectivity index (χ4n) is 2.10. The van der Waals surface area contributed by atoms with Crippen LogP contribution in [0.25, 0.3) is 22.6 Å². The molecule has 2 aromatic heterocycles. The number of benzene rings is 1. The van der Waals surface area contributed by atoms with Crippen LogP contribution in [0.5, 0.6) is 6.01 Å². The molecular weight excluding hydrogens is 425 g/mol. The van der Waals surface area contributed by atoms with E-state index in [2.05, 4.69) is 24.7 Å². The van der Waals surface area contributed by atoms with Crippen molar-refractivity contribution in [3.63, 3.8) is 0 Å². The number of aromatic amines is 1. The van der Waals surface area contributed by atoms with E-state index >= 15 is 0 Å². The number of nitrogens with one attached hydrogen (secondary N) is 1. The van der Waals surface area contributed by atoms with E-state index in [4.69, 9.17) is 23.2 Å². The molecule has 0 atom stereocenters. The molecule has 0 saturated carbocycles. The van der Waals surface area contributed by atoms with Gasteiger partial charge in [-0.1, -0.05) is 23.2 Å². The highest BCUT2D eigenvalue weighted by Gasteiger charge is 2.38. The maximum Gasteiger partial charge on any atom is 0.435 e. The molecule has 1 aromatic carbocycles. The molecule has 0 bridgehead atoms. The summed E-state index contributed by atoms with van der Waals surface area (Å²) in [5.41, 5.74) is -2.52. The molecule has 13 heteroatoms. The summed E-state index contributed by atoms with van der Waals surface area (Å²) in [6, 6.07) is 3.10. The van der Waals surface area contributed by atoms with Crippen molar-refractivity contribution in [1.29, 1.82) is 0 Å². The van der Waals surface area contributed by atoms with Gasteiger partial charge in [-0.2, -0.15) is 36.3 Å². The number of imidazole rings is 1. The van der Waals surface area contributed by atoms with Gasteiger partial charge in [-0.3, -0.25) is 0 Å². The molecule has 3 rings (SSSR count). The van der Waals surface area contributed by atoms with Crippen LogP contribution >= 0.6 is 23.2 Å². The minimum Gasteiger partial charge on any atom is -0.454 e. The van der Waals surface area contributed by atoms with Crippen molar-refractivity contribution in [3.05, 3.63) is 33.9 Å². The Balaban J connectivity index is 2.15. The van der Waals surface area contributed by atoms with Crippen LogP contribution in [0.2, 0.25) is 10.0 Å². The molecule has 0 saturated heterocycles. The van der Waals surface area contributed by atoms with Crippen molar-refractivity contribution in [3.8, 4) is 17.4 Å². The number of aromatic nitrogens is 4. The minimum atomic E-state index is -5.00. The lowest BCUT2D eigenvalue weighted by Gasteiger charge is -2.10. The average molecular weight is 431 g/mol. The zero-order chi connectivity index (χ0) is 20.0. The van der Waals surface area contributed by atoms with Crippen LogP contribution in [-0.2, 0) is 6.18 Å². The van der Waals surface area contributed by atoms with Crippen LogP contribution in [0.3, 0.4) is 0 Å². The Labute approximate surface area is 156 Å². The lowest BCUT2D eigenvalue weighted by atomic mass is 10.2. The van der Waals surface area contributed by atoms with Crippen molar-refractivity contribution >= 4 is 34.4 Å². The predicted molar refractivity (Wildman–Crippen MR) is 83.7 cm³/mol. The second kappa shape index (κ2) is 6.71. The Morgan fingerprint density at radius 2 is 1.70 bits per heavy atom. The summed E-state index contributed by atoms with van der Waals surface area (Å²) < 4.78 is 80.8. The van der Waals surface area contributed by atoms with Crippen LogP contribution in [0.1, 0.15) is 5.69 Å². The molecule has 27 heavy (non-hydrogen) atoms. The van der Waals surface area contributed by atoms with Crippen molar-refractivity contribution in [2.75, 3.05) is 6.61 Å². The molecule has 0 unspecified atom stereocenters. The van der Waals surface area contributed by atoms with Gasteiger partial charge in [0.25, 0.3) is 0 Å². The number of hydrogen-bond acceptors (Lipinski definition) is 4. The van der Waals surface area contributed by atoms with Crippen LogP contribution in [0, 0.1) is 0 Å². The fraction of sp³-hybridized carbons (Fsp3) is 0.214. The molecule has 0 fully saturated rings. The summed E-state index contributed by atoms with van der Waals surface area (Å²) in [5, 5.41) is 0.375. The highest BCUT2D eigenvalue weighted by atomic mass is 35.5. The van der Waals surface area contributed by atoms with Gasteiger partial charge in [-0.15, -0.1) is 0 Å². The number of fused-ring (bicyclic) bond motifs is 1. The number of alkyl halides is 6. The Morgan fingerprint density at radius 1 is 1.00 bits per heavy atom. The molecule has 0 aliphatic heterocycles. The van der Waals surface area contributed by atoms with Crippen molar-refractivity contribution < 1.29 is 31.1 Å². The molecule has 144 valence electrons. The molecule has 1 N–H and O–H groups in total. The summed E-state index contributed by atoms with van der Waals surface area (Å²) in [6.07, 6.45) is -9.78. The number of nitrogens with zero attached hydrogens (tertiary/aromatic N) is 3. The Kier molecular flexibility index (Phi) is 4.85. The molecule has 0 aliphatic rings. The smallest absolute Gasteiger partial charge is 0.435 e. The fourth-order valence-corrected chi connectivity index (χ4v) is 2.48. The van der Waals surface area contributed by atoms with Gasteiger partial charge in [-0.05, 0) is 18.2 Å². The zero-order valence-electron chi connectivity index (χ0n) is 12.7. The second-order valence-corrected chi connectivity index (χ2v) is 6.01. The molecule has 0 radical (unpaired) electrons. The lowest BCUT2D eigenvalue weighted by molar-refractivity contribution is -0.155. The molecular formula is C14H6Cl2F6N4O. The van der Waals surface area contributed by atoms with Gasteiger partial charge in [0.2, 0.25) is 0 Å². The van der Waals surface area contributed by atoms with E-state index in [9.17, 15) is 26.3 Å². The third-order valence-corrected chi connectivity index (χ3v) is 3.71. The first-order chi connectivity index (χ1) is 12.4. The third kappa shape index (κ3) is 4.35. The van der Waals surface area contributed by atoms with Gasteiger partial charge in [0, 0.05) is 10.6 Å². The lowest BCUT2D eigenvalue weighted by Crippen LogP contribution is -2.21. The van der Waals surface area contributed by atoms with Gasteiger partial charge in [0.15, 0.2) is 17.9 Å². The van der Waals surface area contributed by atoms with E-state index in [1.54, 1.807) is 0 Å². The minimum absolute atomic E-state index is 0.120. The number of hydrogen-bond donors (Lipinski definition) is 1. The highest BCUT2D eigenvalue weighted by molar-refractivity contribution is 6.35. The summed E-state index contributed by atoms with van der Waals surface area (Å²) in [4.78, 5) is 12.8. The zero-order valence-corrected chi connectivity index (χ0v) is 14.2. The average Bonchev–Trinajstić information content (AvgIpc) is 2.96. The van der Waals surface area contributed by atoms with E-state index in [-0.39, 0.29) is 21.4 Å². The first-order valence-corrected chi connectivity index (χ1v) is 7.69. The largest absolute Gasteiger partial charge is 0.454 e. The third-order valence-electron chi connectivity index (χ3n) is 3.15. The maximum absolute atomic E-state index is 13.3. The van der Waals surface area contributed by atoms with Gasteiger partial charge < -0.3 is 9.72 Å². The van der Waals surface area contributed by atoms with Gasteiger partial charge in [0.05, 0.1) is 5.02 Å². The van der Waals surface area contributed by atoms with E-state index in [1.165, 1.54) is 18.2 Å². The van der Waals surface area contributed by atoms with Crippen LogP contribution in [-0.4, -0.2) is 32.7 Å². The molecule has 0 aliphatic carbocycles. The van der Waals surface area contributed by atoms with Crippen molar-refractivity contribution in [1.82, 2.24) is 19.9 Å². The SMILES string of the molecule is FC(F)(F)COc1nc(C(F)(F)F)c2[nH]c(-c3cc(Cl)ccc3Cl)nc2n1. The van der Waals surface area contributed by atoms with Crippen LogP contribution in [0.15, 0.2) is 18.2 Å². The molecule has 3 aromatic rings. The molecule has 5 nitrogen and oxygen atoms in total. The Morgan fingerprint density at radius 3 is 2.33 bits per heavy atom. The Hall–Kier alpha value is -2.27. The standard InChI is InChI=1S/C14H6Cl2F6N4O/c15-5-1-2-7(16)6(3-5)10-23-8-9(14(20,21)22)24-12(26-11(8)25-10)27-4-13(17,18)19/h1-3H,4H2,(H,23,24,25,26). The topological polar surface area (TPSA) is 63.7 Å². The Bertz CT molecular complexity index is 1000. The normalized spacial score (nSPS) is 12.6. The quantitative estimate of drug-likeness (QED) is 0.573. The maximum atomic E-state index is 13.3. The highest BCUT2D eigenvalue weighted by Crippen LogP contribution is 2.36. The van der Waals surface area contributed by atoms with E-state index in [0.29, 0.717) is 0 Å². The van der Waals surface area contributed by atoms with Gasteiger partial charge in [-0.25, -0.2) is 4.98 Å². The number of H-pyrrole nitrogens is 1. The first-order valence-electron chi connectivity index (χ1n) is 6.94. The van der Waals surface area contributed by atoms with Crippen LogP contribution < -0.4 is 4.74 Å². The van der Waals surface area contributed by atoms with Gasteiger partial charge in [0.1, 0.15) is 11.3 Å².